The molecule has 0 radical (unpaired) electrons. The van der Waals surface area contributed by atoms with E-state index in [0.717, 1.165) is 0 Å². The molecule has 1 aromatic heterocycles. The maximum Gasteiger partial charge on any atom is 0.254 e. The average molecular weight is 335 g/mol. The molecule has 2 rings (SSSR count). The first-order valence-corrected chi connectivity index (χ1v) is 8.18. The third kappa shape index (κ3) is 4.92. The van der Waals surface area contributed by atoms with Crippen LogP contribution in [0.15, 0.2) is 40.3 Å². The van der Waals surface area contributed by atoms with Crippen LogP contribution in [-0.2, 0) is 11.8 Å². The zero-order valence-electron chi connectivity index (χ0n) is 13.0. The summed E-state index contributed by atoms with van der Waals surface area (Å²) in [5.74, 6) is -0.0370. The first-order valence-electron chi connectivity index (χ1n) is 7.19. The van der Waals surface area contributed by atoms with Gasteiger partial charge in [0, 0.05) is 31.0 Å². The Morgan fingerprint density at radius 2 is 2.13 bits per heavy atom. The molecule has 5 nitrogen and oxygen atoms in total. The molecule has 0 saturated heterocycles. The SMILES string of the molecule is Cc1cc(=O)n(C)c(SCCCC(=O)Nc2ccccc2F)n1. The second-order valence-electron chi connectivity index (χ2n) is 5.06. The molecule has 0 atom stereocenters. The third-order valence-corrected chi connectivity index (χ3v) is 4.27. The second kappa shape index (κ2) is 7.92. The standard InChI is InChI=1S/C16H18FN3O2S/c1-11-10-15(22)20(2)16(18-11)23-9-5-8-14(21)19-13-7-4-3-6-12(13)17/h3-4,6-7,10H,5,8-9H2,1-2H3,(H,19,21). The van der Waals surface area contributed by atoms with Crippen molar-refractivity contribution < 1.29 is 9.18 Å². The lowest BCUT2D eigenvalue weighted by molar-refractivity contribution is -0.116. The van der Waals surface area contributed by atoms with Gasteiger partial charge in [0.2, 0.25) is 5.91 Å². The minimum absolute atomic E-state index is 0.0997. The summed E-state index contributed by atoms with van der Waals surface area (Å²) in [5, 5.41) is 3.17. The van der Waals surface area contributed by atoms with Crippen LogP contribution in [0, 0.1) is 12.7 Å². The summed E-state index contributed by atoms with van der Waals surface area (Å²) in [7, 11) is 1.67. The molecule has 0 bridgehead atoms. The number of para-hydroxylation sites is 1. The number of aryl methyl sites for hydroxylation is 1. The lowest BCUT2D eigenvalue weighted by Gasteiger charge is -2.08. The van der Waals surface area contributed by atoms with Gasteiger partial charge in [-0.2, -0.15) is 0 Å². The fourth-order valence-electron chi connectivity index (χ4n) is 1.93. The largest absolute Gasteiger partial charge is 0.324 e. The van der Waals surface area contributed by atoms with E-state index in [2.05, 4.69) is 10.3 Å². The maximum absolute atomic E-state index is 13.4. The van der Waals surface area contributed by atoms with Crippen molar-refractivity contribution in [2.45, 2.75) is 24.9 Å². The number of hydrogen-bond donors (Lipinski definition) is 1. The number of halogens is 1. The molecule has 1 heterocycles. The summed E-state index contributed by atoms with van der Waals surface area (Å²) in [5.41, 5.74) is 0.762. The highest BCUT2D eigenvalue weighted by atomic mass is 32.2. The Hall–Kier alpha value is -2.15. The molecular weight excluding hydrogens is 317 g/mol. The zero-order valence-corrected chi connectivity index (χ0v) is 13.8. The average Bonchev–Trinajstić information content (AvgIpc) is 2.50. The maximum atomic E-state index is 13.4. The molecule has 122 valence electrons. The van der Waals surface area contributed by atoms with Crippen molar-refractivity contribution in [3.05, 3.63) is 52.2 Å². The minimum atomic E-state index is -0.450. The number of nitrogens with one attached hydrogen (secondary N) is 1. The normalized spacial score (nSPS) is 10.6. The molecule has 0 aliphatic rings. The highest BCUT2D eigenvalue weighted by Crippen LogP contribution is 2.16. The summed E-state index contributed by atoms with van der Waals surface area (Å²) in [4.78, 5) is 27.7. The molecule has 1 N–H and O–H groups in total. The number of carbonyl (C=O) groups is 1. The number of thioether (sulfide) groups is 1. The molecule has 23 heavy (non-hydrogen) atoms. The van der Waals surface area contributed by atoms with Gasteiger partial charge >= 0.3 is 0 Å². The molecule has 1 amide bonds. The molecule has 0 fully saturated rings. The lowest BCUT2D eigenvalue weighted by atomic mass is 10.2. The van der Waals surface area contributed by atoms with Crippen LogP contribution in [0.4, 0.5) is 10.1 Å². The van der Waals surface area contributed by atoms with E-state index in [9.17, 15) is 14.0 Å². The highest BCUT2D eigenvalue weighted by Gasteiger charge is 2.08. The number of carbonyl (C=O) groups excluding carboxylic acids is 1. The molecule has 7 heteroatoms. The van der Waals surface area contributed by atoms with Crippen LogP contribution in [0.1, 0.15) is 18.5 Å². The van der Waals surface area contributed by atoms with E-state index in [4.69, 9.17) is 0 Å². The quantitative estimate of drug-likeness (QED) is 0.501. The molecule has 0 aliphatic heterocycles. The Labute approximate surface area is 137 Å². The number of rotatable bonds is 6. The first-order chi connectivity index (χ1) is 11.0. The summed E-state index contributed by atoms with van der Waals surface area (Å²) in [6.45, 7) is 1.77. The minimum Gasteiger partial charge on any atom is -0.324 e. The Balaban J connectivity index is 1.81. The third-order valence-electron chi connectivity index (χ3n) is 3.15. The Morgan fingerprint density at radius 1 is 1.39 bits per heavy atom. The summed E-state index contributed by atoms with van der Waals surface area (Å²) < 4.78 is 14.9. The van der Waals surface area contributed by atoms with Gasteiger partial charge in [0.15, 0.2) is 5.16 Å². The predicted molar refractivity (Wildman–Crippen MR) is 89.2 cm³/mol. The Bertz CT molecular complexity index is 761. The van der Waals surface area contributed by atoms with E-state index in [-0.39, 0.29) is 23.6 Å². The monoisotopic (exact) mass is 335 g/mol. The van der Waals surface area contributed by atoms with E-state index in [1.54, 1.807) is 26.1 Å². The van der Waals surface area contributed by atoms with Crippen LogP contribution < -0.4 is 10.9 Å². The molecule has 0 saturated carbocycles. The van der Waals surface area contributed by atoms with Crippen LogP contribution >= 0.6 is 11.8 Å². The zero-order chi connectivity index (χ0) is 16.8. The molecular formula is C16H18FN3O2S. The van der Waals surface area contributed by atoms with Crippen molar-refractivity contribution in [2.75, 3.05) is 11.1 Å². The van der Waals surface area contributed by atoms with Crippen molar-refractivity contribution in [1.82, 2.24) is 9.55 Å². The van der Waals surface area contributed by atoms with Crippen molar-refractivity contribution >= 4 is 23.4 Å². The van der Waals surface area contributed by atoms with E-state index in [0.29, 0.717) is 23.0 Å². The molecule has 0 aliphatic carbocycles. The van der Waals surface area contributed by atoms with E-state index >= 15 is 0 Å². The van der Waals surface area contributed by atoms with Crippen LogP contribution in [0.5, 0.6) is 0 Å². The van der Waals surface area contributed by atoms with Crippen LogP contribution in [0.2, 0.25) is 0 Å². The van der Waals surface area contributed by atoms with E-state index in [1.165, 1.54) is 34.5 Å². The fraction of sp³-hybridized carbons (Fsp3) is 0.312. The summed E-state index contributed by atoms with van der Waals surface area (Å²) >= 11 is 1.42. The topological polar surface area (TPSA) is 64.0 Å². The van der Waals surface area contributed by atoms with Gasteiger partial charge < -0.3 is 5.32 Å². The number of aromatic nitrogens is 2. The van der Waals surface area contributed by atoms with Crippen molar-refractivity contribution in [2.24, 2.45) is 7.05 Å². The van der Waals surface area contributed by atoms with Gasteiger partial charge in [-0.1, -0.05) is 23.9 Å². The van der Waals surface area contributed by atoms with Gasteiger partial charge in [0.05, 0.1) is 5.69 Å². The Morgan fingerprint density at radius 3 is 2.87 bits per heavy atom. The van der Waals surface area contributed by atoms with Gasteiger partial charge in [0.25, 0.3) is 5.56 Å². The molecule has 0 unspecified atom stereocenters. The molecule has 1 aromatic carbocycles. The van der Waals surface area contributed by atoms with Crippen molar-refractivity contribution in [3.63, 3.8) is 0 Å². The number of nitrogens with zero attached hydrogens (tertiary/aromatic N) is 2. The number of hydrogen-bond acceptors (Lipinski definition) is 4. The van der Waals surface area contributed by atoms with E-state index in [1.807, 2.05) is 0 Å². The van der Waals surface area contributed by atoms with Gasteiger partial charge in [-0.25, -0.2) is 9.37 Å². The molecule has 0 spiro atoms. The van der Waals surface area contributed by atoms with Gasteiger partial charge in [-0.3, -0.25) is 14.2 Å². The fourth-order valence-corrected chi connectivity index (χ4v) is 2.89. The number of anilines is 1. The smallest absolute Gasteiger partial charge is 0.254 e. The van der Waals surface area contributed by atoms with Gasteiger partial charge in [-0.15, -0.1) is 0 Å². The van der Waals surface area contributed by atoms with Gasteiger partial charge in [-0.05, 0) is 25.5 Å². The predicted octanol–water partition coefficient (Wildman–Crippen LogP) is 2.74. The number of benzene rings is 1. The van der Waals surface area contributed by atoms with Crippen LogP contribution in [-0.4, -0.2) is 21.2 Å². The number of amides is 1. The van der Waals surface area contributed by atoms with Gasteiger partial charge in [0.1, 0.15) is 5.82 Å². The molecule has 2 aromatic rings. The first kappa shape index (κ1) is 17.2. The lowest BCUT2D eigenvalue weighted by Crippen LogP contribution is -2.19. The second-order valence-corrected chi connectivity index (χ2v) is 6.12. The van der Waals surface area contributed by atoms with Crippen molar-refractivity contribution in [3.8, 4) is 0 Å². The summed E-state index contributed by atoms with van der Waals surface area (Å²) in [6.07, 6.45) is 0.885. The Kier molecular flexibility index (Phi) is 5.92. The van der Waals surface area contributed by atoms with Crippen LogP contribution in [0.3, 0.4) is 0 Å². The van der Waals surface area contributed by atoms with Crippen LogP contribution in [0.25, 0.3) is 0 Å². The van der Waals surface area contributed by atoms with Crippen molar-refractivity contribution in [1.29, 1.82) is 0 Å². The highest BCUT2D eigenvalue weighted by molar-refractivity contribution is 7.99. The summed E-state index contributed by atoms with van der Waals surface area (Å²) in [6, 6.07) is 7.54. The van der Waals surface area contributed by atoms with E-state index < -0.39 is 5.82 Å².